The molecule has 1 aromatic carbocycles. The van der Waals surface area contributed by atoms with Gasteiger partial charge >= 0.3 is 0 Å². The molecule has 3 nitrogen and oxygen atoms in total. The Kier molecular flexibility index (Phi) is 2.92. The highest BCUT2D eigenvalue weighted by Gasteiger charge is 2.18. The van der Waals surface area contributed by atoms with Gasteiger partial charge < -0.3 is 5.73 Å². The SMILES string of the molecule is Cc1ccccc1-c1nn(C)c(N)c1C(C)C. The van der Waals surface area contributed by atoms with Crippen LogP contribution in [0.4, 0.5) is 5.82 Å². The van der Waals surface area contributed by atoms with Crippen LogP contribution < -0.4 is 5.73 Å². The highest BCUT2D eigenvalue weighted by molar-refractivity contribution is 5.71. The number of anilines is 1. The van der Waals surface area contributed by atoms with Gasteiger partial charge in [0.25, 0.3) is 0 Å². The maximum atomic E-state index is 6.09. The lowest BCUT2D eigenvalue weighted by Crippen LogP contribution is -2.00. The molecule has 0 atom stereocenters. The van der Waals surface area contributed by atoms with Gasteiger partial charge in [-0.3, -0.25) is 4.68 Å². The first kappa shape index (κ1) is 11.7. The molecule has 0 unspecified atom stereocenters. The topological polar surface area (TPSA) is 43.8 Å². The molecule has 1 aromatic heterocycles. The molecule has 0 radical (unpaired) electrons. The summed E-state index contributed by atoms with van der Waals surface area (Å²) < 4.78 is 1.76. The number of rotatable bonds is 2. The first-order valence-electron chi connectivity index (χ1n) is 5.90. The normalized spacial score (nSPS) is 11.1. The minimum atomic E-state index is 0.373. The van der Waals surface area contributed by atoms with E-state index in [0.29, 0.717) is 5.92 Å². The zero-order valence-corrected chi connectivity index (χ0v) is 10.9. The van der Waals surface area contributed by atoms with Crippen LogP contribution in [0, 0.1) is 6.92 Å². The molecule has 0 aliphatic rings. The Morgan fingerprint density at radius 3 is 2.47 bits per heavy atom. The summed E-state index contributed by atoms with van der Waals surface area (Å²) in [5.41, 5.74) is 10.6. The Labute approximate surface area is 102 Å². The molecule has 0 spiro atoms. The zero-order valence-electron chi connectivity index (χ0n) is 10.9. The average Bonchev–Trinajstić information content (AvgIpc) is 2.56. The molecule has 0 aliphatic carbocycles. The number of benzene rings is 1. The van der Waals surface area contributed by atoms with E-state index in [-0.39, 0.29) is 0 Å². The molecular weight excluding hydrogens is 210 g/mol. The molecule has 0 saturated heterocycles. The van der Waals surface area contributed by atoms with Gasteiger partial charge in [0.1, 0.15) is 5.82 Å². The van der Waals surface area contributed by atoms with E-state index in [4.69, 9.17) is 5.73 Å². The van der Waals surface area contributed by atoms with Crippen LogP contribution >= 0.6 is 0 Å². The maximum absolute atomic E-state index is 6.09. The molecule has 0 saturated carbocycles. The van der Waals surface area contributed by atoms with Gasteiger partial charge in [-0.15, -0.1) is 0 Å². The summed E-state index contributed by atoms with van der Waals surface area (Å²) in [6, 6.07) is 8.28. The summed E-state index contributed by atoms with van der Waals surface area (Å²) in [6.07, 6.45) is 0. The van der Waals surface area contributed by atoms with E-state index in [1.54, 1.807) is 4.68 Å². The number of aryl methyl sites for hydroxylation is 2. The van der Waals surface area contributed by atoms with Crippen molar-refractivity contribution in [1.29, 1.82) is 0 Å². The summed E-state index contributed by atoms with van der Waals surface area (Å²) in [6.45, 7) is 6.40. The molecule has 2 rings (SSSR count). The van der Waals surface area contributed by atoms with E-state index in [2.05, 4.69) is 38.0 Å². The van der Waals surface area contributed by atoms with Gasteiger partial charge in [-0.25, -0.2) is 0 Å². The lowest BCUT2D eigenvalue weighted by Gasteiger charge is -2.08. The van der Waals surface area contributed by atoms with Crippen molar-refractivity contribution >= 4 is 5.82 Å². The first-order chi connectivity index (χ1) is 8.02. The van der Waals surface area contributed by atoms with E-state index >= 15 is 0 Å². The van der Waals surface area contributed by atoms with Crippen molar-refractivity contribution < 1.29 is 0 Å². The molecule has 90 valence electrons. The van der Waals surface area contributed by atoms with Gasteiger partial charge in [-0.2, -0.15) is 5.10 Å². The van der Waals surface area contributed by atoms with Crippen LogP contribution in [-0.2, 0) is 7.05 Å². The first-order valence-corrected chi connectivity index (χ1v) is 5.90. The number of nitrogens with two attached hydrogens (primary N) is 1. The van der Waals surface area contributed by atoms with Crippen LogP contribution in [0.25, 0.3) is 11.3 Å². The minimum Gasteiger partial charge on any atom is -0.384 e. The standard InChI is InChI=1S/C14H19N3/c1-9(2)12-13(16-17(4)14(12)15)11-8-6-5-7-10(11)3/h5-9H,15H2,1-4H3. The van der Waals surface area contributed by atoms with E-state index in [1.807, 2.05) is 19.2 Å². The summed E-state index contributed by atoms with van der Waals surface area (Å²) in [7, 11) is 1.89. The predicted octanol–water partition coefficient (Wildman–Crippen LogP) is 3.10. The molecule has 0 bridgehead atoms. The Bertz CT molecular complexity index is 538. The monoisotopic (exact) mass is 229 g/mol. The van der Waals surface area contributed by atoms with Crippen molar-refractivity contribution in [3.63, 3.8) is 0 Å². The lowest BCUT2D eigenvalue weighted by molar-refractivity contribution is 0.779. The van der Waals surface area contributed by atoms with Crippen molar-refractivity contribution in [2.75, 3.05) is 5.73 Å². The molecule has 0 fully saturated rings. The van der Waals surface area contributed by atoms with E-state index in [1.165, 1.54) is 11.1 Å². The maximum Gasteiger partial charge on any atom is 0.125 e. The fourth-order valence-electron chi connectivity index (χ4n) is 2.16. The Morgan fingerprint density at radius 2 is 1.88 bits per heavy atom. The lowest BCUT2D eigenvalue weighted by atomic mass is 9.96. The number of hydrogen-bond acceptors (Lipinski definition) is 2. The molecular formula is C14H19N3. The molecule has 2 N–H and O–H groups in total. The zero-order chi connectivity index (χ0) is 12.6. The average molecular weight is 229 g/mol. The van der Waals surface area contributed by atoms with Crippen molar-refractivity contribution in [3.8, 4) is 11.3 Å². The third-order valence-corrected chi connectivity index (χ3v) is 3.11. The third kappa shape index (κ3) is 1.93. The Balaban J connectivity index is 2.68. The van der Waals surface area contributed by atoms with Gasteiger partial charge in [-0.05, 0) is 18.4 Å². The summed E-state index contributed by atoms with van der Waals surface area (Å²) in [5, 5.41) is 4.55. The second-order valence-corrected chi connectivity index (χ2v) is 4.74. The quantitative estimate of drug-likeness (QED) is 0.860. The Hall–Kier alpha value is -1.77. The number of aromatic nitrogens is 2. The van der Waals surface area contributed by atoms with Crippen LogP contribution in [0.5, 0.6) is 0 Å². The van der Waals surface area contributed by atoms with Gasteiger partial charge in [0.05, 0.1) is 5.69 Å². The van der Waals surface area contributed by atoms with Crippen LogP contribution in [0.2, 0.25) is 0 Å². The van der Waals surface area contributed by atoms with Crippen LogP contribution in [0.1, 0.15) is 30.9 Å². The molecule has 2 aromatic rings. The second kappa shape index (κ2) is 4.24. The fourth-order valence-corrected chi connectivity index (χ4v) is 2.16. The molecule has 17 heavy (non-hydrogen) atoms. The van der Waals surface area contributed by atoms with Gasteiger partial charge in [0.15, 0.2) is 0 Å². The van der Waals surface area contributed by atoms with E-state index in [0.717, 1.165) is 17.1 Å². The van der Waals surface area contributed by atoms with Gasteiger partial charge in [0.2, 0.25) is 0 Å². The van der Waals surface area contributed by atoms with E-state index in [9.17, 15) is 0 Å². The summed E-state index contributed by atoms with van der Waals surface area (Å²) in [5.74, 6) is 1.14. The van der Waals surface area contributed by atoms with Crippen molar-refractivity contribution in [2.45, 2.75) is 26.7 Å². The number of nitrogens with zero attached hydrogens (tertiary/aromatic N) is 2. The van der Waals surface area contributed by atoms with Gasteiger partial charge in [0, 0.05) is 18.2 Å². The highest BCUT2D eigenvalue weighted by atomic mass is 15.3. The van der Waals surface area contributed by atoms with Crippen molar-refractivity contribution in [2.24, 2.45) is 7.05 Å². The smallest absolute Gasteiger partial charge is 0.125 e. The van der Waals surface area contributed by atoms with E-state index < -0.39 is 0 Å². The summed E-state index contributed by atoms with van der Waals surface area (Å²) >= 11 is 0. The fraction of sp³-hybridized carbons (Fsp3) is 0.357. The minimum absolute atomic E-state index is 0.373. The predicted molar refractivity (Wildman–Crippen MR) is 71.9 cm³/mol. The highest BCUT2D eigenvalue weighted by Crippen LogP contribution is 2.33. The van der Waals surface area contributed by atoms with Crippen LogP contribution in [-0.4, -0.2) is 9.78 Å². The number of nitrogen functional groups attached to an aromatic ring is 1. The van der Waals surface area contributed by atoms with Crippen molar-refractivity contribution in [3.05, 3.63) is 35.4 Å². The Morgan fingerprint density at radius 1 is 1.24 bits per heavy atom. The second-order valence-electron chi connectivity index (χ2n) is 4.74. The van der Waals surface area contributed by atoms with Crippen LogP contribution in [0.3, 0.4) is 0 Å². The van der Waals surface area contributed by atoms with Crippen molar-refractivity contribution in [1.82, 2.24) is 9.78 Å². The molecule has 1 heterocycles. The van der Waals surface area contributed by atoms with Gasteiger partial charge in [-0.1, -0.05) is 38.1 Å². The largest absolute Gasteiger partial charge is 0.384 e. The molecule has 3 heteroatoms. The van der Waals surface area contributed by atoms with Crippen LogP contribution in [0.15, 0.2) is 24.3 Å². The molecule has 0 amide bonds. The third-order valence-electron chi connectivity index (χ3n) is 3.11. The molecule has 0 aliphatic heterocycles. The number of hydrogen-bond donors (Lipinski definition) is 1. The summed E-state index contributed by atoms with van der Waals surface area (Å²) in [4.78, 5) is 0.